The lowest BCUT2D eigenvalue weighted by Crippen LogP contribution is -1.92. The SMILES string of the molecule is [C-]#[N+]c1ccc(-n2cccn2)cc1. The van der Waals surface area contributed by atoms with E-state index in [1.54, 1.807) is 23.0 Å². The predicted molar refractivity (Wildman–Crippen MR) is 49.8 cm³/mol. The Morgan fingerprint density at radius 1 is 1.23 bits per heavy atom. The molecule has 3 heteroatoms. The maximum Gasteiger partial charge on any atom is 0.187 e. The summed E-state index contributed by atoms with van der Waals surface area (Å²) < 4.78 is 1.76. The highest BCUT2D eigenvalue weighted by molar-refractivity contribution is 5.48. The number of hydrogen-bond acceptors (Lipinski definition) is 1. The van der Waals surface area contributed by atoms with Crippen molar-refractivity contribution in [1.29, 1.82) is 0 Å². The summed E-state index contributed by atoms with van der Waals surface area (Å²) in [5, 5.41) is 4.08. The van der Waals surface area contributed by atoms with Crippen molar-refractivity contribution in [3.05, 3.63) is 54.1 Å². The lowest BCUT2D eigenvalue weighted by molar-refractivity contribution is 0.881. The van der Waals surface area contributed by atoms with Gasteiger partial charge in [-0.25, -0.2) is 9.53 Å². The minimum atomic E-state index is 0.649. The third-order valence-electron chi connectivity index (χ3n) is 1.75. The van der Waals surface area contributed by atoms with Crippen molar-refractivity contribution in [2.75, 3.05) is 0 Å². The van der Waals surface area contributed by atoms with Crippen molar-refractivity contribution < 1.29 is 0 Å². The Morgan fingerprint density at radius 3 is 2.54 bits per heavy atom. The summed E-state index contributed by atoms with van der Waals surface area (Å²) >= 11 is 0. The van der Waals surface area contributed by atoms with Crippen LogP contribution in [0.25, 0.3) is 10.5 Å². The molecule has 3 nitrogen and oxygen atoms in total. The molecule has 0 aliphatic carbocycles. The van der Waals surface area contributed by atoms with Gasteiger partial charge in [0.25, 0.3) is 0 Å². The normalized spacial score (nSPS) is 9.46. The third kappa shape index (κ3) is 1.42. The molecule has 0 saturated heterocycles. The van der Waals surface area contributed by atoms with Gasteiger partial charge in [-0.1, -0.05) is 12.1 Å². The summed E-state index contributed by atoms with van der Waals surface area (Å²) in [5.74, 6) is 0. The Morgan fingerprint density at radius 2 is 2.00 bits per heavy atom. The smallest absolute Gasteiger partial charge is 0.187 e. The first-order valence-corrected chi connectivity index (χ1v) is 3.88. The van der Waals surface area contributed by atoms with E-state index in [1.807, 2.05) is 24.4 Å². The van der Waals surface area contributed by atoms with Gasteiger partial charge in [-0.05, 0) is 18.2 Å². The topological polar surface area (TPSA) is 22.2 Å². The number of aromatic nitrogens is 2. The maximum atomic E-state index is 6.79. The number of benzene rings is 1. The van der Waals surface area contributed by atoms with Gasteiger partial charge in [0.1, 0.15) is 0 Å². The van der Waals surface area contributed by atoms with Crippen LogP contribution in [-0.2, 0) is 0 Å². The van der Waals surface area contributed by atoms with Crippen LogP contribution in [0.4, 0.5) is 5.69 Å². The summed E-state index contributed by atoms with van der Waals surface area (Å²) in [5.41, 5.74) is 1.62. The molecule has 1 aromatic heterocycles. The van der Waals surface area contributed by atoms with Gasteiger partial charge in [0.15, 0.2) is 5.69 Å². The average Bonchev–Trinajstić information content (AvgIpc) is 2.71. The van der Waals surface area contributed by atoms with Gasteiger partial charge < -0.3 is 0 Å². The fraction of sp³-hybridized carbons (Fsp3) is 0. The number of hydrogen-bond donors (Lipinski definition) is 0. The molecule has 2 rings (SSSR count). The van der Waals surface area contributed by atoms with Crippen LogP contribution in [-0.4, -0.2) is 9.78 Å². The second-order valence-electron chi connectivity index (χ2n) is 2.58. The zero-order valence-corrected chi connectivity index (χ0v) is 6.88. The first kappa shape index (κ1) is 7.56. The second kappa shape index (κ2) is 3.11. The van der Waals surface area contributed by atoms with Crippen molar-refractivity contribution >= 4 is 5.69 Å². The third-order valence-corrected chi connectivity index (χ3v) is 1.75. The lowest BCUT2D eigenvalue weighted by atomic mass is 10.3. The molecule has 0 bridgehead atoms. The fourth-order valence-electron chi connectivity index (χ4n) is 1.10. The van der Waals surface area contributed by atoms with Gasteiger partial charge in [0.2, 0.25) is 0 Å². The van der Waals surface area contributed by atoms with Gasteiger partial charge >= 0.3 is 0 Å². The van der Waals surface area contributed by atoms with E-state index in [-0.39, 0.29) is 0 Å². The van der Waals surface area contributed by atoms with Crippen LogP contribution in [0.3, 0.4) is 0 Å². The quantitative estimate of drug-likeness (QED) is 0.601. The molecular formula is C10H7N3. The van der Waals surface area contributed by atoms with Gasteiger partial charge in [0, 0.05) is 12.4 Å². The molecule has 0 aliphatic heterocycles. The van der Waals surface area contributed by atoms with Crippen molar-refractivity contribution in [3.8, 4) is 5.69 Å². The first-order valence-electron chi connectivity index (χ1n) is 3.88. The monoisotopic (exact) mass is 169 g/mol. The van der Waals surface area contributed by atoms with E-state index in [4.69, 9.17) is 6.57 Å². The van der Waals surface area contributed by atoms with Crippen LogP contribution < -0.4 is 0 Å². The van der Waals surface area contributed by atoms with Crippen molar-refractivity contribution in [1.82, 2.24) is 9.78 Å². The molecular weight excluding hydrogens is 162 g/mol. The molecule has 0 unspecified atom stereocenters. The van der Waals surface area contributed by atoms with Crippen molar-refractivity contribution in [2.45, 2.75) is 0 Å². The largest absolute Gasteiger partial charge is 0.241 e. The van der Waals surface area contributed by atoms with Crippen LogP contribution in [0.2, 0.25) is 0 Å². The van der Waals surface area contributed by atoms with E-state index >= 15 is 0 Å². The van der Waals surface area contributed by atoms with Gasteiger partial charge in [-0.15, -0.1) is 0 Å². The fourth-order valence-corrected chi connectivity index (χ4v) is 1.10. The zero-order valence-electron chi connectivity index (χ0n) is 6.88. The molecule has 2 aromatic rings. The Balaban J connectivity index is 2.40. The Kier molecular flexibility index (Phi) is 1.81. The highest BCUT2D eigenvalue weighted by atomic mass is 15.3. The molecule has 0 atom stereocenters. The molecule has 0 amide bonds. The van der Waals surface area contributed by atoms with Crippen molar-refractivity contribution in [3.63, 3.8) is 0 Å². The van der Waals surface area contributed by atoms with E-state index in [0.717, 1.165) is 5.69 Å². The summed E-state index contributed by atoms with van der Waals surface area (Å²) in [6.07, 6.45) is 3.59. The molecule has 1 aromatic carbocycles. The van der Waals surface area contributed by atoms with E-state index in [0.29, 0.717) is 5.69 Å². The van der Waals surface area contributed by atoms with Crippen LogP contribution in [0.1, 0.15) is 0 Å². The molecule has 0 spiro atoms. The summed E-state index contributed by atoms with van der Waals surface area (Å²) in [4.78, 5) is 3.31. The van der Waals surface area contributed by atoms with E-state index in [1.165, 1.54) is 0 Å². The standard InChI is InChI=1S/C10H7N3/c1-11-9-3-5-10(6-4-9)13-8-2-7-12-13/h2-8H. The molecule has 0 N–H and O–H groups in total. The Labute approximate surface area is 76.1 Å². The van der Waals surface area contributed by atoms with E-state index in [9.17, 15) is 0 Å². The highest BCUT2D eigenvalue weighted by Crippen LogP contribution is 2.14. The molecule has 0 aliphatic rings. The predicted octanol–water partition coefficient (Wildman–Crippen LogP) is 2.42. The minimum absolute atomic E-state index is 0.649. The van der Waals surface area contributed by atoms with E-state index in [2.05, 4.69) is 9.94 Å². The first-order chi connectivity index (χ1) is 6.40. The molecule has 0 fully saturated rings. The van der Waals surface area contributed by atoms with Gasteiger partial charge in [0.05, 0.1) is 12.3 Å². The zero-order chi connectivity index (χ0) is 9.10. The lowest BCUT2D eigenvalue weighted by Gasteiger charge is -1.99. The van der Waals surface area contributed by atoms with Gasteiger partial charge in [-0.3, -0.25) is 0 Å². The summed E-state index contributed by atoms with van der Waals surface area (Å²) in [7, 11) is 0. The van der Waals surface area contributed by atoms with Gasteiger partial charge in [-0.2, -0.15) is 5.10 Å². The van der Waals surface area contributed by atoms with Crippen LogP contribution in [0, 0.1) is 6.57 Å². The second-order valence-corrected chi connectivity index (χ2v) is 2.58. The Hall–Kier alpha value is -2.08. The average molecular weight is 169 g/mol. The number of rotatable bonds is 1. The van der Waals surface area contributed by atoms with Crippen LogP contribution in [0.5, 0.6) is 0 Å². The van der Waals surface area contributed by atoms with Crippen molar-refractivity contribution in [2.24, 2.45) is 0 Å². The minimum Gasteiger partial charge on any atom is -0.241 e. The molecule has 1 heterocycles. The summed E-state index contributed by atoms with van der Waals surface area (Å²) in [6.45, 7) is 6.79. The maximum absolute atomic E-state index is 6.79. The van der Waals surface area contributed by atoms with Crippen LogP contribution >= 0.6 is 0 Å². The molecule has 62 valence electrons. The highest BCUT2D eigenvalue weighted by Gasteiger charge is 1.94. The molecule has 0 radical (unpaired) electrons. The summed E-state index contributed by atoms with van der Waals surface area (Å²) in [6, 6.07) is 9.18. The van der Waals surface area contributed by atoms with E-state index < -0.39 is 0 Å². The molecule has 0 saturated carbocycles. The number of nitrogens with zero attached hydrogens (tertiary/aromatic N) is 3. The Bertz CT molecular complexity index is 420. The molecule has 13 heavy (non-hydrogen) atoms. The van der Waals surface area contributed by atoms with Crippen LogP contribution in [0.15, 0.2) is 42.7 Å².